The Bertz CT molecular complexity index is 357. The van der Waals surface area contributed by atoms with Crippen molar-refractivity contribution in [3.05, 3.63) is 11.6 Å². The maximum absolute atomic E-state index is 9.69. The summed E-state index contributed by atoms with van der Waals surface area (Å²) >= 11 is 0. The molecule has 3 unspecified atom stereocenters. The van der Waals surface area contributed by atoms with Gasteiger partial charge in [-0.1, -0.05) is 58.1 Å². The first-order valence-corrected chi connectivity index (χ1v) is 10.6. The summed E-state index contributed by atoms with van der Waals surface area (Å²) in [6.45, 7) is 9.71. The van der Waals surface area contributed by atoms with E-state index in [9.17, 15) is 5.11 Å². The predicted molar refractivity (Wildman–Crippen MR) is 111 cm³/mol. The molecular weight excluding hydrogens is 344 g/mol. The monoisotopic (exact) mass is 388 g/mol. The van der Waals surface area contributed by atoms with Crippen molar-refractivity contribution >= 4 is 0 Å². The number of hydrogen-bond donors (Lipinski definition) is 3. The zero-order valence-electron chi connectivity index (χ0n) is 18.0. The molecule has 0 aromatic rings. The van der Waals surface area contributed by atoms with Crippen LogP contribution in [0.5, 0.6) is 0 Å². The van der Waals surface area contributed by atoms with Crippen LogP contribution in [0.3, 0.4) is 0 Å². The third-order valence-corrected chi connectivity index (χ3v) is 4.64. The molecule has 0 aliphatic rings. The zero-order valence-corrected chi connectivity index (χ0v) is 18.0. The van der Waals surface area contributed by atoms with Crippen LogP contribution in [0.2, 0.25) is 0 Å². The van der Waals surface area contributed by atoms with Gasteiger partial charge in [0.15, 0.2) is 0 Å². The van der Waals surface area contributed by atoms with E-state index < -0.39 is 12.2 Å². The maximum Gasteiger partial charge on any atom is 0.101 e. The van der Waals surface area contributed by atoms with Gasteiger partial charge in [-0.3, -0.25) is 0 Å². The summed E-state index contributed by atoms with van der Waals surface area (Å²) in [5, 5.41) is 27.5. The Morgan fingerprint density at radius 2 is 1.52 bits per heavy atom. The molecule has 0 amide bonds. The van der Waals surface area contributed by atoms with Gasteiger partial charge in [-0.15, -0.1) is 0 Å². The average molecular weight is 389 g/mol. The van der Waals surface area contributed by atoms with Crippen molar-refractivity contribution in [2.75, 3.05) is 33.0 Å². The highest BCUT2D eigenvalue weighted by molar-refractivity contribution is 4.97. The third kappa shape index (κ3) is 18.7. The van der Waals surface area contributed by atoms with Crippen LogP contribution < -0.4 is 0 Å². The van der Waals surface area contributed by atoms with Crippen LogP contribution in [0, 0.1) is 11.8 Å². The van der Waals surface area contributed by atoms with Gasteiger partial charge in [0.2, 0.25) is 0 Å². The molecule has 0 rings (SSSR count). The highest BCUT2D eigenvalue weighted by atomic mass is 16.5. The van der Waals surface area contributed by atoms with Crippen LogP contribution in [-0.2, 0) is 9.47 Å². The Balaban J connectivity index is 3.59. The molecule has 0 saturated carbocycles. The Morgan fingerprint density at radius 1 is 0.889 bits per heavy atom. The maximum atomic E-state index is 9.69. The first kappa shape index (κ1) is 26.5. The second-order valence-corrected chi connectivity index (χ2v) is 8.26. The second-order valence-electron chi connectivity index (χ2n) is 8.26. The largest absolute Gasteiger partial charge is 0.394 e. The normalized spacial score (nSPS) is 15.9. The summed E-state index contributed by atoms with van der Waals surface area (Å²) in [5.41, 5.74) is 1.41. The number of ether oxygens (including phenoxy) is 2. The summed E-state index contributed by atoms with van der Waals surface area (Å²) in [5.74, 6) is 1.64. The van der Waals surface area contributed by atoms with Crippen molar-refractivity contribution < 1.29 is 24.8 Å². The summed E-state index contributed by atoms with van der Waals surface area (Å²) in [4.78, 5) is 0. The fraction of sp³-hybridized carbons (Fsp3) is 0.909. The predicted octanol–water partition coefficient (Wildman–Crippen LogP) is 3.70. The van der Waals surface area contributed by atoms with E-state index in [1.54, 1.807) is 0 Å². The van der Waals surface area contributed by atoms with E-state index in [4.69, 9.17) is 19.7 Å². The van der Waals surface area contributed by atoms with E-state index >= 15 is 0 Å². The van der Waals surface area contributed by atoms with Gasteiger partial charge in [0.25, 0.3) is 0 Å². The van der Waals surface area contributed by atoms with Gasteiger partial charge in [0, 0.05) is 0 Å². The molecule has 0 heterocycles. The molecule has 3 N–H and O–H groups in total. The van der Waals surface area contributed by atoms with Crippen molar-refractivity contribution in [2.24, 2.45) is 11.8 Å². The van der Waals surface area contributed by atoms with Crippen molar-refractivity contribution in [3.63, 3.8) is 0 Å². The molecule has 162 valence electrons. The molecule has 3 atom stereocenters. The highest BCUT2D eigenvalue weighted by Gasteiger charge is 2.07. The standard InChI is InChI=1S/C22H44O5/c1-18(2)8-5-9-19(3)10-6-11-20(4)12-7-13-26-16-22(25)17-27-15-21(24)14-23/h12,18-19,21-25H,5-11,13-17H2,1-4H3. The molecule has 5 heteroatoms. The molecule has 0 aromatic heterocycles. The SMILES string of the molecule is CC(=CCCOCC(O)COCC(O)CO)CCCC(C)CCCC(C)C. The molecule has 0 saturated heterocycles. The number of hydrogen-bond acceptors (Lipinski definition) is 5. The molecule has 27 heavy (non-hydrogen) atoms. The molecule has 0 bridgehead atoms. The number of aliphatic hydroxyl groups is 3. The minimum Gasteiger partial charge on any atom is -0.394 e. The molecule has 0 fully saturated rings. The first-order valence-electron chi connectivity index (χ1n) is 10.6. The minimum atomic E-state index is -0.894. The molecule has 0 aliphatic carbocycles. The van der Waals surface area contributed by atoms with Gasteiger partial charge in [0.05, 0.1) is 33.0 Å². The molecule has 5 nitrogen and oxygen atoms in total. The van der Waals surface area contributed by atoms with Gasteiger partial charge >= 0.3 is 0 Å². The van der Waals surface area contributed by atoms with Gasteiger partial charge in [-0.05, 0) is 38.0 Å². The Labute approximate surface area is 166 Å². The summed E-state index contributed by atoms with van der Waals surface area (Å²) in [7, 11) is 0. The lowest BCUT2D eigenvalue weighted by molar-refractivity contribution is -0.0474. The molecule has 0 spiro atoms. The smallest absolute Gasteiger partial charge is 0.101 e. The van der Waals surface area contributed by atoms with Crippen LogP contribution in [0.25, 0.3) is 0 Å². The quantitative estimate of drug-likeness (QED) is 0.246. The van der Waals surface area contributed by atoms with E-state index in [2.05, 4.69) is 33.8 Å². The topological polar surface area (TPSA) is 79.2 Å². The summed E-state index contributed by atoms with van der Waals surface area (Å²) in [6.07, 6.45) is 9.22. The first-order chi connectivity index (χ1) is 12.8. The number of rotatable bonds is 18. The lowest BCUT2D eigenvalue weighted by Gasteiger charge is -2.13. The van der Waals surface area contributed by atoms with E-state index in [0.29, 0.717) is 6.61 Å². The van der Waals surface area contributed by atoms with Crippen LogP contribution in [0.15, 0.2) is 11.6 Å². The van der Waals surface area contributed by atoms with Gasteiger partial charge < -0.3 is 24.8 Å². The van der Waals surface area contributed by atoms with Gasteiger partial charge in [-0.2, -0.15) is 0 Å². The number of allylic oxidation sites excluding steroid dienone is 1. The van der Waals surface area contributed by atoms with Gasteiger partial charge in [0.1, 0.15) is 12.2 Å². The van der Waals surface area contributed by atoms with Crippen LogP contribution >= 0.6 is 0 Å². The van der Waals surface area contributed by atoms with Crippen molar-refractivity contribution in [1.29, 1.82) is 0 Å². The van der Waals surface area contributed by atoms with E-state index in [0.717, 1.165) is 24.7 Å². The lowest BCUT2D eigenvalue weighted by Crippen LogP contribution is -2.26. The third-order valence-electron chi connectivity index (χ3n) is 4.64. The second kappa shape index (κ2) is 17.6. The molecule has 0 aliphatic heterocycles. The Morgan fingerprint density at radius 3 is 2.19 bits per heavy atom. The molecule has 0 radical (unpaired) electrons. The Hall–Kier alpha value is -0.460. The fourth-order valence-corrected chi connectivity index (χ4v) is 2.90. The minimum absolute atomic E-state index is 0.0197. The van der Waals surface area contributed by atoms with Crippen molar-refractivity contribution in [2.45, 2.75) is 84.8 Å². The average Bonchev–Trinajstić information content (AvgIpc) is 2.60. The van der Waals surface area contributed by atoms with Crippen molar-refractivity contribution in [3.8, 4) is 0 Å². The van der Waals surface area contributed by atoms with E-state index in [-0.39, 0.29) is 26.4 Å². The summed E-state index contributed by atoms with van der Waals surface area (Å²) < 4.78 is 10.5. The zero-order chi connectivity index (χ0) is 20.5. The number of aliphatic hydroxyl groups excluding tert-OH is 3. The molecule has 0 aromatic carbocycles. The summed E-state index contributed by atoms with van der Waals surface area (Å²) in [6, 6.07) is 0. The van der Waals surface area contributed by atoms with Crippen LogP contribution in [0.4, 0.5) is 0 Å². The van der Waals surface area contributed by atoms with E-state index in [1.807, 2.05) is 0 Å². The van der Waals surface area contributed by atoms with Gasteiger partial charge in [-0.25, -0.2) is 0 Å². The fourth-order valence-electron chi connectivity index (χ4n) is 2.90. The molecular formula is C22H44O5. The highest BCUT2D eigenvalue weighted by Crippen LogP contribution is 2.19. The van der Waals surface area contributed by atoms with Crippen molar-refractivity contribution in [1.82, 2.24) is 0 Å². The van der Waals surface area contributed by atoms with E-state index in [1.165, 1.54) is 37.7 Å². The lowest BCUT2D eigenvalue weighted by atomic mass is 9.94. The Kier molecular flexibility index (Phi) is 17.3. The van der Waals surface area contributed by atoms with Crippen LogP contribution in [0.1, 0.15) is 72.6 Å². The van der Waals surface area contributed by atoms with Crippen LogP contribution in [-0.4, -0.2) is 60.6 Å².